The lowest BCUT2D eigenvalue weighted by Crippen LogP contribution is -2.31. The van der Waals surface area contributed by atoms with E-state index in [9.17, 15) is 4.79 Å². The summed E-state index contributed by atoms with van der Waals surface area (Å²) in [5, 5.41) is 2.91. The van der Waals surface area contributed by atoms with Crippen LogP contribution >= 0.6 is 0 Å². The number of nitrogens with zero attached hydrogens (tertiary/aromatic N) is 2. The molecule has 0 spiro atoms. The van der Waals surface area contributed by atoms with Gasteiger partial charge in [0.2, 0.25) is 0 Å². The van der Waals surface area contributed by atoms with E-state index in [0.29, 0.717) is 18.0 Å². The Morgan fingerprint density at radius 3 is 2.64 bits per heavy atom. The average molecular weight is 380 g/mol. The standard InChI is InChI=1S/C22H28N4O2/c1-15-6-7-16(2)17(10-15)14-26(4)22(27)25-19-8-9-20(21(11-19)28-5)18(12-23)13-24-3/h6-13H,14,23H2,1-5H3,(H,25,27). The maximum atomic E-state index is 12.6. The molecule has 0 saturated carbocycles. The highest BCUT2D eigenvalue weighted by atomic mass is 16.5. The maximum Gasteiger partial charge on any atom is 0.321 e. The Bertz CT molecular complexity index is 903. The van der Waals surface area contributed by atoms with Gasteiger partial charge in [0.05, 0.1) is 7.11 Å². The SMILES string of the molecule is CN=CC(=CN)c1ccc(NC(=O)N(C)Cc2cc(C)ccc2C)cc1OC. The van der Waals surface area contributed by atoms with Gasteiger partial charge in [-0.15, -0.1) is 0 Å². The molecule has 2 aromatic rings. The molecule has 6 heteroatoms. The van der Waals surface area contributed by atoms with E-state index in [4.69, 9.17) is 10.5 Å². The lowest BCUT2D eigenvalue weighted by molar-refractivity contribution is 0.220. The number of hydrogen-bond donors (Lipinski definition) is 2. The summed E-state index contributed by atoms with van der Waals surface area (Å²) in [5.41, 5.74) is 11.3. The first-order chi connectivity index (χ1) is 13.4. The molecule has 2 amide bonds. The van der Waals surface area contributed by atoms with Gasteiger partial charge in [-0.3, -0.25) is 4.99 Å². The molecule has 0 atom stereocenters. The molecular weight excluding hydrogens is 352 g/mol. The average Bonchev–Trinajstić information content (AvgIpc) is 2.68. The summed E-state index contributed by atoms with van der Waals surface area (Å²) in [4.78, 5) is 18.3. The van der Waals surface area contributed by atoms with Crippen molar-refractivity contribution >= 4 is 23.5 Å². The van der Waals surface area contributed by atoms with Crippen molar-refractivity contribution in [3.05, 3.63) is 64.9 Å². The number of methoxy groups -OCH3 is 1. The van der Waals surface area contributed by atoms with Crippen LogP contribution in [-0.2, 0) is 6.54 Å². The number of ether oxygens (including phenoxy) is 1. The summed E-state index contributed by atoms with van der Waals surface area (Å²) in [6, 6.07) is 11.5. The highest BCUT2D eigenvalue weighted by Gasteiger charge is 2.13. The van der Waals surface area contributed by atoms with Crippen molar-refractivity contribution in [2.45, 2.75) is 20.4 Å². The molecule has 0 radical (unpaired) electrons. The number of aliphatic imine (C=N–C) groups is 1. The third-order valence-electron chi connectivity index (χ3n) is 4.47. The van der Waals surface area contributed by atoms with E-state index in [1.807, 2.05) is 26.0 Å². The Balaban J connectivity index is 2.16. The molecule has 2 aromatic carbocycles. The molecule has 0 bridgehead atoms. The first-order valence-corrected chi connectivity index (χ1v) is 9.00. The minimum absolute atomic E-state index is 0.194. The topological polar surface area (TPSA) is 79.9 Å². The largest absolute Gasteiger partial charge is 0.496 e. The molecule has 148 valence electrons. The minimum Gasteiger partial charge on any atom is -0.496 e. The van der Waals surface area contributed by atoms with E-state index in [0.717, 1.165) is 22.3 Å². The number of hydrogen-bond acceptors (Lipinski definition) is 4. The molecule has 0 aliphatic heterocycles. The van der Waals surface area contributed by atoms with Gasteiger partial charge in [-0.1, -0.05) is 23.8 Å². The Morgan fingerprint density at radius 1 is 1.25 bits per heavy atom. The number of nitrogens with two attached hydrogens (primary N) is 1. The number of benzene rings is 2. The molecule has 0 aliphatic rings. The van der Waals surface area contributed by atoms with Crippen LogP contribution in [0.3, 0.4) is 0 Å². The van der Waals surface area contributed by atoms with Gasteiger partial charge in [0, 0.05) is 55.9 Å². The van der Waals surface area contributed by atoms with Gasteiger partial charge in [-0.05, 0) is 37.1 Å². The third kappa shape index (κ3) is 5.13. The Kier molecular flexibility index (Phi) is 7.21. The van der Waals surface area contributed by atoms with Crippen LogP contribution in [0.5, 0.6) is 5.75 Å². The lowest BCUT2D eigenvalue weighted by atomic mass is 10.1. The van der Waals surface area contributed by atoms with Crippen LogP contribution < -0.4 is 15.8 Å². The second-order valence-corrected chi connectivity index (χ2v) is 6.64. The van der Waals surface area contributed by atoms with Gasteiger partial charge in [0.15, 0.2) is 0 Å². The second-order valence-electron chi connectivity index (χ2n) is 6.64. The summed E-state index contributed by atoms with van der Waals surface area (Å²) in [5.74, 6) is 0.603. The van der Waals surface area contributed by atoms with Gasteiger partial charge in [-0.2, -0.15) is 0 Å². The Morgan fingerprint density at radius 2 is 2.00 bits per heavy atom. The van der Waals surface area contributed by atoms with Crippen LogP contribution in [0, 0.1) is 13.8 Å². The molecule has 0 aliphatic carbocycles. The zero-order valence-electron chi connectivity index (χ0n) is 17.1. The minimum atomic E-state index is -0.194. The molecular formula is C22H28N4O2. The summed E-state index contributed by atoms with van der Waals surface area (Å²) in [7, 11) is 5.03. The third-order valence-corrected chi connectivity index (χ3v) is 4.47. The number of urea groups is 1. The smallest absolute Gasteiger partial charge is 0.321 e. The number of aryl methyl sites for hydroxylation is 2. The molecule has 28 heavy (non-hydrogen) atoms. The van der Waals surface area contributed by atoms with Crippen molar-refractivity contribution in [3.63, 3.8) is 0 Å². The van der Waals surface area contributed by atoms with E-state index in [2.05, 4.69) is 28.5 Å². The number of allylic oxidation sites excluding steroid dienone is 1. The monoisotopic (exact) mass is 380 g/mol. The maximum absolute atomic E-state index is 12.6. The van der Waals surface area contributed by atoms with Gasteiger partial charge in [-0.25, -0.2) is 4.79 Å². The van der Waals surface area contributed by atoms with Crippen LogP contribution in [-0.4, -0.2) is 38.4 Å². The summed E-state index contributed by atoms with van der Waals surface area (Å²) in [6.07, 6.45) is 3.13. The molecule has 0 saturated heterocycles. The molecule has 0 fully saturated rings. The van der Waals surface area contributed by atoms with Crippen LogP contribution in [0.15, 0.2) is 47.6 Å². The fourth-order valence-electron chi connectivity index (χ4n) is 2.87. The van der Waals surface area contributed by atoms with Crippen LogP contribution in [0.1, 0.15) is 22.3 Å². The Hall–Kier alpha value is -3.28. The van der Waals surface area contributed by atoms with Gasteiger partial charge >= 0.3 is 6.03 Å². The summed E-state index contributed by atoms with van der Waals surface area (Å²) >= 11 is 0. The molecule has 0 unspecified atom stereocenters. The zero-order chi connectivity index (χ0) is 20.7. The van der Waals surface area contributed by atoms with E-state index in [1.54, 1.807) is 38.4 Å². The molecule has 0 heterocycles. The lowest BCUT2D eigenvalue weighted by Gasteiger charge is -2.20. The second kappa shape index (κ2) is 9.60. The molecule has 6 nitrogen and oxygen atoms in total. The van der Waals surface area contributed by atoms with Crippen molar-refractivity contribution in [3.8, 4) is 5.75 Å². The van der Waals surface area contributed by atoms with E-state index in [-0.39, 0.29) is 6.03 Å². The predicted octanol–water partition coefficient (Wildman–Crippen LogP) is 3.98. The number of amides is 2. The Labute approximate surface area is 166 Å². The van der Waals surface area contributed by atoms with Crippen LogP contribution in [0.4, 0.5) is 10.5 Å². The van der Waals surface area contributed by atoms with Gasteiger partial charge in [0.25, 0.3) is 0 Å². The molecule has 3 N–H and O–H groups in total. The van der Waals surface area contributed by atoms with Crippen molar-refractivity contribution < 1.29 is 9.53 Å². The summed E-state index contributed by atoms with van der Waals surface area (Å²) < 4.78 is 5.46. The molecule has 0 aromatic heterocycles. The normalized spacial score (nSPS) is 11.5. The van der Waals surface area contributed by atoms with Crippen molar-refractivity contribution in [1.82, 2.24) is 4.90 Å². The zero-order valence-corrected chi connectivity index (χ0v) is 17.1. The van der Waals surface area contributed by atoms with Gasteiger partial charge < -0.3 is 20.7 Å². The van der Waals surface area contributed by atoms with Gasteiger partial charge in [0.1, 0.15) is 5.75 Å². The first kappa shape index (κ1) is 21.0. The summed E-state index contributed by atoms with van der Waals surface area (Å²) in [6.45, 7) is 4.62. The fourth-order valence-corrected chi connectivity index (χ4v) is 2.87. The van der Waals surface area contributed by atoms with Crippen LogP contribution in [0.2, 0.25) is 0 Å². The van der Waals surface area contributed by atoms with E-state index in [1.165, 1.54) is 11.8 Å². The van der Waals surface area contributed by atoms with Crippen molar-refractivity contribution in [1.29, 1.82) is 0 Å². The highest BCUT2D eigenvalue weighted by Crippen LogP contribution is 2.28. The van der Waals surface area contributed by atoms with Crippen LogP contribution in [0.25, 0.3) is 5.57 Å². The fraction of sp³-hybridized carbons (Fsp3) is 0.273. The first-order valence-electron chi connectivity index (χ1n) is 9.00. The van der Waals surface area contributed by atoms with E-state index < -0.39 is 0 Å². The number of rotatable bonds is 6. The number of carbonyl (C=O) groups is 1. The van der Waals surface area contributed by atoms with Crippen molar-refractivity contribution in [2.75, 3.05) is 26.5 Å². The number of anilines is 1. The molecule has 2 rings (SSSR count). The predicted molar refractivity (Wildman–Crippen MR) is 116 cm³/mol. The quantitative estimate of drug-likeness (QED) is 0.744. The number of nitrogens with one attached hydrogen (secondary N) is 1. The van der Waals surface area contributed by atoms with E-state index >= 15 is 0 Å². The highest BCUT2D eigenvalue weighted by molar-refractivity contribution is 6.10. The van der Waals surface area contributed by atoms with Crippen molar-refractivity contribution in [2.24, 2.45) is 10.7 Å². The number of carbonyl (C=O) groups excluding carboxylic acids is 1.